The number of likely N-dealkylation sites (tertiary alicyclic amines) is 1. The highest BCUT2D eigenvalue weighted by Crippen LogP contribution is 2.52. The van der Waals surface area contributed by atoms with E-state index in [1.807, 2.05) is 12.2 Å². The Hall–Kier alpha value is -1.65. The van der Waals surface area contributed by atoms with Crippen LogP contribution in [0.1, 0.15) is 6.42 Å². The molecule has 0 aromatic heterocycles. The fourth-order valence-corrected chi connectivity index (χ4v) is 3.09. The van der Waals surface area contributed by atoms with Gasteiger partial charge in [0.1, 0.15) is 0 Å². The van der Waals surface area contributed by atoms with Gasteiger partial charge in [0, 0.05) is 0 Å². The molecule has 3 aliphatic rings. The first kappa shape index (κ1) is 8.64. The molecule has 4 atom stereocenters. The molecule has 2 aliphatic carbocycles. The second-order valence-electron chi connectivity index (χ2n) is 4.29. The number of carbonyl (C=O) groups excluding carboxylic acids is 2. The number of imide groups is 3. The molecule has 0 spiro atoms. The lowest BCUT2D eigenvalue weighted by Crippen LogP contribution is -2.37. The molecule has 4 unspecified atom stereocenters. The summed E-state index contributed by atoms with van der Waals surface area (Å²) in [6.45, 7) is 0. The van der Waals surface area contributed by atoms with Gasteiger partial charge in [0.25, 0.3) is 0 Å². The minimum absolute atomic E-state index is 0.0702. The van der Waals surface area contributed by atoms with Crippen LogP contribution in [-0.4, -0.2) is 27.9 Å². The molecular formula is C10H9NO4. The monoisotopic (exact) mass is 207 g/mol. The normalized spacial score (nSPS) is 41.5. The molecule has 1 aliphatic heterocycles. The lowest BCUT2D eigenvalue weighted by Gasteiger charge is -2.14. The quantitative estimate of drug-likeness (QED) is 0.463. The smallest absolute Gasteiger partial charge is 0.421 e. The molecule has 0 aromatic rings. The third-order valence-corrected chi connectivity index (χ3v) is 3.66. The van der Waals surface area contributed by atoms with Crippen molar-refractivity contribution in [2.24, 2.45) is 23.7 Å². The Morgan fingerprint density at radius 3 is 2.07 bits per heavy atom. The summed E-state index contributed by atoms with van der Waals surface area (Å²) in [6, 6.07) is 0. The molecule has 1 heterocycles. The minimum atomic E-state index is -1.45. The molecule has 3 amide bonds. The standard InChI is InChI=1S/C10H9NO4/c12-8-6-4-1-2-5(3-4)7(6)9(13)11(8)10(14)15/h1-2,4-7H,3H2,(H,14,15). The number of carboxylic acid groups (broad SMARTS) is 1. The summed E-state index contributed by atoms with van der Waals surface area (Å²) >= 11 is 0. The number of hydrogen-bond acceptors (Lipinski definition) is 3. The summed E-state index contributed by atoms with van der Waals surface area (Å²) in [7, 11) is 0. The summed E-state index contributed by atoms with van der Waals surface area (Å²) < 4.78 is 0. The van der Waals surface area contributed by atoms with Crippen LogP contribution in [0, 0.1) is 23.7 Å². The van der Waals surface area contributed by atoms with E-state index in [1.54, 1.807) is 0 Å². The zero-order chi connectivity index (χ0) is 10.7. The summed E-state index contributed by atoms with van der Waals surface area (Å²) in [4.78, 5) is 34.6. The molecule has 2 bridgehead atoms. The molecule has 15 heavy (non-hydrogen) atoms. The van der Waals surface area contributed by atoms with Gasteiger partial charge in [0.2, 0.25) is 11.8 Å². The predicted octanol–water partition coefficient (Wildman–Crippen LogP) is 0.472. The Bertz CT molecular complexity index is 384. The van der Waals surface area contributed by atoms with Gasteiger partial charge in [-0.2, -0.15) is 4.90 Å². The van der Waals surface area contributed by atoms with Crippen molar-refractivity contribution in [3.63, 3.8) is 0 Å². The summed E-state index contributed by atoms with van der Waals surface area (Å²) in [5.74, 6) is -1.75. The summed E-state index contributed by atoms with van der Waals surface area (Å²) in [6.07, 6.45) is 3.24. The van der Waals surface area contributed by atoms with Crippen molar-refractivity contribution in [3.05, 3.63) is 12.2 Å². The summed E-state index contributed by atoms with van der Waals surface area (Å²) in [5.41, 5.74) is 0. The van der Waals surface area contributed by atoms with Crippen molar-refractivity contribution in [2.45, 2.75) is 6.42 Å². The van der Waals surface area contributed by atoms with E-state index in [-0.39, 0.29) is 11.8 Å². The van der Waals surface area contributed by atoms with Gasteiger partial charge in [0.15, 0.2) is 0 Å². The van der Waals surface area contributed by atoms with E-state index in [9.17, 15) is 14.4 Å². The molecule has 1 saturated heterocycles. The maximum atomic E-state index is 11.7. The second kappa shape index (κ2) is 2.48. The Labute approximate surface area is 85.4 Å². The lowest BCUT2D eigenvalue weighted by molar-refractivity contribution is -0.137. The van der Waals surface area contributed by atoms with Crippen molar-refractivity contribution < 1.29 is 19.5 Å². The predicted molar refractivity (Wildman–Crippen MR) is 47.6 cm³/mol. The van der Waals surface area contributed by atoms with E-state index in [4.69, 9.17) is 5.11 Å². The van der Waals surface area contributed by atoms with E-state index in [0.717, 1.165) is 6.42 Å². The molecule has 5 nitrogen and oxygen atoms in total. The van der Waals surface area contributed by atoms with Gasteiger partial charge in [-0.15, -0.1) is 0 Å². The molecule has 0 radical (unpaired) electrons. The van der Waals surface area contributed by atoms with E-state index < -0.39 is 29.7 Å². The van der Waals surface area contributed by atoms with Crippen molar-refractivity contribution >= 4 is 17.9 Å². The fourth-order valence-electron chi connectivity index (χ4n) is 3.09. The molecule has 5 heteroatoms. The highest BCUT2D eigenvalue weighted by Gasteiger charge is 2.60. The van der Waals surface area contributed by atoms with Gasteiger partial charge in [-0.25, -0.2) is 4.79 Å². The number of nitrogens with zero attached hydrogens (tertiary/aromatic N) is 1. The van der Waals surface area contributed by atoms with Gasteiger partial charge in [0.05, 0.1) is 11.8 Å². The van der Waals surface area contributed by atoms with Crippen LogP contribution in [0.4, 0.5) is 4.79 Å². The van der Waals surface area contributed by atoms with Gasteiger partial charge in [-0.05, 0) is 18.3 Å². The second-order valence-corrected chi connectivity index (χ2v) is 4.29. The molecule has 2 fully saturated rings. The van der Waals surface area contributed by atoms with E-state index in [2.05, 4.69) is 0 Å². The Kier molecular flexibility index (Phi) is 1.43. The van der Waals surface area contributed by atoms with Crippen LogP contribution < -0.4 is 0 Å². The van der Waals surface area contributed by atoms with Crippen LogP contribution in [0.15, 0.2) is 12.2 Å². The zero-order valence-electron chi connectivity index (χ0n) is 7.79. The largest absolute Gasteiger partial charge is 0.464 e. The number of carbonyl (C=O) groups is 3. The van der Waals surface area contributed by atoms with Crippen LogP contribution in [-0.2, 0) is 9.59 Å². The number of fused-ring (bicyclic) bond motifs is 5. The first-order chi connectivity index (χ1) is 7.11. The molecule has 0 aromatic carbocycles. The van der Waals surface area contributed by atoms with E-state index in [1.165, 1.54) is 0 Å². The third-order valence-electron chi connectivity index (χ3n) is 3.66. The van der Waals surface area contributed by atoms with Gasteiger partial charge < -0.3 is 5.11 Å². The number of rotatable bonds is 0. The average molecular weight is 207 g/mol. The van der Waals surface area contributed by atoms with Crippen molar-refractivity contribution in [2.75, 3.05) is 0 Å². The van der Waals surface area contributed by atoms with Crippen LogP contribution >= 0.6 is 0 Å². The maximum Gasteiger partial charge on any atom is 0.421 e. The minimum Gasteiger partial charge on any atom is -0.464 e. The van der Waals surface area contributed by atoms with Crippen LogP contribution in [0.2, 0.25) is 0 Å². The Balaban J connectivity index is 2.03. The van der Waals surface area contributed by atoms with Gasteiger partial charge in [-0.3, -0.25) is 9.59 Å². The lowest BCUT2D eigenvalue weighted by atomic mass is 9.85. The number of allylic oxidation sites excluding steroid dienone is 2. The highest BCUT2D eigenvalue weighted by molar-refractivity contribution is 6.15. The first-order valence-electron chi connectivity index (χ1n) is 4.90. The molecular weight excluding hydrogens is 198 g/mol. The van der Waals surface area contributed by atoms with Crippen LogP contribution in [0.3, 0.4) is 0 Å². The van der Waals surface area contributed by atoms with Crippen molar-refractivity contribution in [3.8, 4) is 0 Å². The van der Waals surface area contributed by atoms with Crippen molar-refractivity contribution in [1.29, 1.82) is 0 Å². The van der Waals surface area contributed by atoms with Crippen molar-refractivity contribution in [1.82, 2.24) is 4.90 Å². The average Bonchev–Trinajstić information content (AvgIpc) is 2.79. The Morgan fingerprint density at radius 2 is 1.67 bits per heavy atom. The Morgan fingerprint density at radius 1 is 1.20 bits per heavy atom. The van der Waals surface area contributed by atoms with E-state index in [0.29, 0.717) is 4.90 Å². The van der Waals surface area contributed by atoms with Gasteiger partial charge >= 0.3 is 6.09 Å². The van der Waals surface area contributed by atoms with Crippen LogP contribution in [0.5, 0.6) is 0 Å². The maximum absolute atomic E-state index is 11.7. The summed E-state index contributed by atoms with van der Waals surface area (Å²) in [5, 5.41) is 8.77. The molecule has 1 N–H and O–H groups in total. The molecule has 1 saturated carbocycles. The highest BCUT2D eigenvalue weighted by atomic mass is 16.4. The fraction of sp³-hybridized carbons (Fsp3) is 0.500. The van der Waals surface area contributed by atoms with E-state index >= 15 is 0 Å². The molecule has 78 valence electrons. The van der Waals surface area contributed by atoms with Gasteiger partial charge in [-0.1, -0.05) is 12.2 Å². The zero-order valence-corrected chi connectivity index (χ0v) is 7.79. The number of hydrogen-bond donors (Lipinski definition) is 1. The first-order valence-corrected chi connectivity index (χ1v) is 4.90. The third kappa shape index (κ3) is 0.854. The van der Waals surface area contributed by atoms with Crippen LogP contribution in [0.25, 0.3) is 0 Å². The SMILES string of the molecule is O=C(O)N1C(=O)C2C3C=CC(C3)C2C1=O. The topological polar surface area (TPSA) is 74.7 Å². The number of amides is 3. The molecule has 3 rings (SSSR count).